The third-order valence-electron chi connectivity index (χ3n) is 7.75. The van der Waals surface area contributed by atoms with E-state index in [2.05, 4.69) is 15.6 Å². The number of halogens is 4. The second kappa shape index (κ2) is 9.56. The molecule has 3 N–H and O–H groups in total. The number of nitrogens with zero attached hydrogens (tertiary/aromatic N) is 2. The molecule has 5 atom stereocenters. The van der Waals surface area contributed by atoms with Crippen LogP contribution in [0.2, 0.25) is 5.02 Å². The summed E-state index contributed by atoms with van der Waals surface area (Å²) in [6.07, 6.45) is 1.06. The number of H-pyrrole nitrogens is 1. The monoisotopic (exact) mass is 535 g/mol. The maximum absolute atomic E-state index is 15.0. The van der Waals surface area contributed by atoms with Gasteiger partial charge < -0.3 is 20.5 Å². The van der Waals surface area contributed by atoms with Gasteiger partial charge in [-0.25, -0.2) is 13.2 Å². The van der Waals surface area contributed by atoms with E-state index >= 15 is 0 Å². The first-order valence-electron chi connectivity index (χ1n) is 12.3. The van der Waals surface area contributed by atoms with Crippen molar-refractivity contribution >= 4 is 40.2 Å². The number of aromatic nitrogens is 1. The summed E-state index contributed by atoms with van der Waals surface area (Å²) < 4.78 is 44.2. The van der Waals surface area contributed by atoms with Gasteiger partial charge in [0.1, 0.15) is 23.6 Å². The summed E-state index contributed by atoms with van der Waals surface area (Å²) >= 11 is 6.13. The van der Waals surface area contributed by atoms with E-state index in [9.17, 15) is 32.8 Å². The molecule has 3 amide bonds. The average Bonchev–Trinajstić information content (AvgIpc) is 3.33. The Balaban J connectivity index is 1.43. The highest BCUT2D eigenvalue weighted by Gasteiger charge is 2.60. The van der Waals surface area contributed by atoms with E-state index in [4.69, 9.17) is 11.6 Å². The van der Waals surface area contributed by atoms with Gasteiger partial charge in [-0.1, -0.05) is 11.6 Å². The number of carbonyl (C=O) groups excluding carboxylic acids is 3. The highest BCUT2D eigenvalue weighted by molar-refractivity contribution is 6.35. The number of carbonyl (C=O) groups is 3. The van der Waals surface area contributed by atoms with Crippen molar-refractivity contribution in [2.75, 3.05) is 6.54 Å². The fourth-order valence-corrected chi connectivity index (χ4v) is 6.16. The first kappa shape index (κ1) is 25.4. The van der Waals surface area contributed by atoms with Crippen LogP contribution >= 0.6 is 11.6 Å². The van der Waals surface area contributed by atoms with Crippen LogP contribution in [0.5, 0.6) is 0 Å². The molecule has 1 aliphatic carbocycles. The predicted molar refractivity (Wildman–Crippen MR) is 127 cm³/mol. The molecular weight excluding hydrogens is 511 g/mol. The number of hydrogen-bond donors (Lipinski definition) is 3. The van der Waals surface area contributed by atoms with E-state index in [1.165, 1.54) is 12.1 Å². The minimum absolute atomic E-state index is 0.0366. The van der Waals surface area contributed by atoms with Crippen LogP contribution < -0.4 is 10.6 Å². The lowest BCUT2D eigenvalue weighted by Gasteiger charge is -2.53. The minimum Gasteiger partial charge on any atom is -0.356 e. The highest BCUT2D eigenvalue weighted by Crippen LogP contribution is 2.49. The Morgan fingerprint density at radius 3 is 2.76 bits per heavy atom. The Bertz CT molecular complexity index is 1270. The van der Waals surface area contributed by atoms with E-state index in [1.807, 2.05) is 6.07 Å². The molecule has 12 heteroatoms. The normalized spacial score (nSPS) is 27.4. The van der Waals surface area contributed by atoms with Crippen molar-refractivity contribution in [2.24, 2.45) is 11.8 Å². The van der Waals surface area contributed by atoms with E-state index in [0.29, 0.717) is 13.0 Å². The molecule has 2 aromatic rings. The lowest BCUT2D eigenvalue weighted by Crippen LogP contribution is -2.68. The molecule has 196 valence electrons. The largest absolute Gasteiger partial charge is 0.356 e. The fraction of sp³-hybridized carbons (Fsp3) is 0.520. The fourth-order valence-electron chi connectivity index (χ4n) is 5.95. The van der Waals surface area contributed by atoms with Gasteiger partial charge in [-0.05, 0) is 50.3 Å². The number of aromatic amines is 1. The molecule has 37 heavy (non-hydrogen) atoms. The van der Waals surface area contributed by atoms with Crippen LogP contribution in [0.15, 0.2) is 18.2 Å². The SMILES string of the molecule is N#C[C@H](C[C@H]1CCCNC1=O)NC(=O)[C@H]1[C@H]2CC[C@H](CC2(F)F)N1C(=O)c1cc2c(F)ccc(Cl)c2[nH]1. The lowest BCUT2D eigenvalue weighted by atomic mass is 9.71. The summed E-state index contributed by atoms with van der Waals surface area (Å²) in [6, 6.07) is 2.15. The number of fused-ring (bicyclic) bond motifs is 4. The number of nitrogens with one attached hydrogen (secondary N) is 3. The summed E-state index contributed by atoms with van der Waals surface area (Å²) in [7, 11) is 0. The molecule has 4 fully saturated rings. The van der Waals surface area contributed by atoms with Crippen molar-refractivity contribution in [1.82, 2.24) is 20.5 Å². The third-order valence-corrected chi connectivity index (χ3v) is 8.07. The summed E-state index contributed by atoms with van der Waals surface area (Å²) in [4.78, 5) is 43.1. The predicted octanol–water partition coefficient (Wildman–Crippen LogP) is 3.51. The summed E-state index contributed by atoms with van der Waals surface area (Å²) in [5.41, 5.74) is 0.111. The van der Waals surface area contributed by atoms with E-state index in [1.54, 1.807) is 0 Å². The summed E-state index contributed by atoms with van der Waals surface area (Å²) in [5.74, 6) is -7.52. The van der Waals surface area contributed by atoms with Crippen molar-refractivity contribution in [3.8, 4) is 6.07 Å². The van der Waals surface area contributed by atoms with Crippen LogP contribution in [0.1, 0.15) is 49.0 Å². The molecule has 1 aromatic heterocycles. The van der Waals surface area contributed by atoms with Crippen LogP contribution in [0.4, 0.5) is 13.2 Å². The second-order valence-electron chi connectivity index (χ2n) is 10.0. The molecule has 2 bridgehead atoms. The Labute approximate surface area is 215 Å². The zero-order valence-electron chi connectivity index (χ0n) is 19.7. The van der Waals surface area contributed by atoms with Gasteiger partial charge in [0.25, 0.3) is 11.8 Å². The lowest BCUT2D eigenvalue weighted by molar-refractivity contribution is -0.179. The molecule has 3 aliphatic heterocycles. The molecular formula is C25H25ClF3N5O3. The van der Waals surface area contributed by atoms with Crippen molar-refractivity contribution in [2.45, 2.75) is 62.6 Å². The number of amides is 3. The Kier molecular flexibility index (Phi) is 6.56. The van der Waals surface area contributed by atoms with Crippen LogP contribution in [-0.2, 0) is 9.59 Å². The number of benzene rings is 1. The highest BCUT2D eigenvalue weighted by atomic mass is 35.5. The van der Waals surface area contributed by atoms with Crippen molar-refractivity contribution in [1.29, 1.82) is 5.26 Å². The van der Waals surface area contributed by atoms with Crippen LogP contribution in [0.25, 0.3) is 10.9 Å². The smallest absolute Gasteiger partial charge is 0.271 e. The van der Waals surface area contributed by atoms with Crippen molar-refractivity contribution in [3.05, 3.63) is 34.7 Å². The zero-order chi connectivity index (χ0) is 26.5. The van der Waals surface area contributed by atoms with Gasteiger partial charge >= 0.3 is 0 Å². The van der Waals surface area contributed by atoms with Gasteiger partial charge in [0.05, 0.1) is 22.5 Å². The molecule has 4 aliphatic rings. The third kappa shape index (κ3) is 4.52. The van der Waals surface area contributed by atoms with E-state index in [0.717, 1.165) is 17.4 Å². The number of alkyl halides is 2. The molecule has 8 nitrogen and oxygen atoms in total. The average molecular weight is 536 g/mol. The molecule has 0 radical (unpaired) electrons. The molecule has 0 unspecified atom stereocenters. The standard InChI is InChI=1S/C25H25ClF3N5O3/c26-17-5-6-18(27)15-9-19(33-20(15)17)24(37)34-14-3-4-16(25(28,29)10-14)21(34)23(36)32-13(11-30)8-12-2-1-7-31-22(12)35/h5-6,9,12-14,16,21,33H,1-4,7-8,10H2,(H,31,35)(H,32,36)/t12-,13+,14-,16-,21-/m1/s1. The maximum Gasteiger partial charge on any atom is 0.271 e. The molecule has 4 heterocycles. The van der Waals surface area contributed by atoms with Gasteiger partial charge in [-0.15, -0.1) is 0 Å². The van der Waals surface area contributed by atoms with Crippen LogP contribution in [0.3, 0.4) is 0 Å². The molecule has 1 aromatic carbocycles. The van der Waals surface area contributed by atoms with Gasteiger partial charge in [-0.2, -0.15) is 5.26 Å². The maximum atomic E-state index is 15.0. The van der Waals surface area contributed by atoms with Crippen molar-refractivity contribution in [3.63, 3.8) is 0 Å². The number of rotatable bonds is 5. The van der Waals surface area contributed by atoms with E-state index in [-0.39, 0.29) is 46.8 Å². The van der Waals surface area contributed by atoms with Crippen LogP contribution in [-0.4, -0.2) is 58.2 Å². The Morgan fingerprint density at radius 1 is 1.30 bits per heavy atom. The first-order valence-corrected chi connectivity index (χ1v) is 12.6. The van der Waals surface area contributed by atoms with Gasteiger partial charge in [0, 0.05) is 30.3 Å². The Hall–Kier alpha value is -3.26. The van der Waals surface area contributed by atoms with E-state index < -0.39 is 59.9 Å². The topological polar surface area (TPSA) is 118 Å². The molecule has 6 rings (SSSR count). The second-order valence-corrected chi connectivity index (χ2v) is 10.4. The van der Waals surface area contributed by atoms with Crippen LogP contribution in [0, 0.1) is 29.0 Å². The quantitative estimate of drug-likeness (QED) is 0.543. The van der Waals surface area contributed by atoms with Gasteiger partial charge in [0.15, 0.2) is 0 Å². The first-order chi connectivity index (χ1) is 17.6. The minimum atomic E-state index is -3.18. The Morgan fingerprint density at radius 2 is 2.08 bits per heavy atom. The van der Waals surface area contributed by atoms with Gasteiger partial charge in [0.2, 0.25) is 11.8 Å². The zero-order valence-corrected chi connectivity index (χ0v) is 20.5. The molecule has 3 saturated heterocycles. The number of piperidine rings is 3. The number of nitriles is 1. The van der Waals surface area contributed by atoms with Crippen molar-refractivity contribution < 1.29 is 27.6 Å². The summed E-state index contributed by atoms with van der Waals surface area (Å²) in [5, 5.41) is 15.1. The van der Waals surface area contributed by atoms with Gasteiger partial charge in [-0.3, -0.25) is 14.4 Å². The summed E-state index contributed by atoms with van der Waals surface area (Å²) in [6.45, 7) is 0.541. The molecule has 0 spiro atoms. The molecule has 1 saturated carbocycles. The number of hydrogen-bond acceptors (Lipinski definition) is 4.